The van der Waals surface area contributed by atoms with Gasteiger partial charge in [-0.25, -0.2) is 15.0 Å². The molecule has 5 nitrogen and oxygen atoms in total. The number of hydrogen-bond donors (Lipinski definition) is 1. The molecule has 0 aliphatic carbocycles. The Labute approximate surface area is 135 Å². The molecule has 2 aromatic rings. The van der Waals surface area contributed by atoms with Crippen molar-refractivity contribution in [3.63, 3.8) is 0 Å². The van der Waals surface area contributed by atoms with E-state index in [4.69, 9.17) is 11.6 Å². The van der Waals surface area contributed by atoms with Crippen molar-refractivity contribution < 1.29 is 13.2 Å². The molecule has 1 unspecified atom stereocenters. The first-order valence-corrected chi connectivity index (χ1v) is 7.33. The zero-order chi connectivity index (χ0) is 16.4. The van der Waals surface area contributed by atoms with E-state index in [1.807, 2.05) is 4.90 Å². The summed E-state index contributed by atoms with van der Waals surface area (Å²) in [5, 5.41) is 3.48. The van der Waals surface area contributed by atoms with Gasteiger partial charge in [0.25, 0.3) is 0 Å². The highest BCUT2D eigenvalue weighted by atomic mass is 35.5. The van der Waals surface area contributed by atoms with E-state index in [-0.39, 0.29) is 12.0 Å². The molecule has 0 bridgehead atoms. The van der Waals surface area contributed by atoms with Crippen molar-refractivity contribution in [1.29, 1.82) is 0 Å². The summed E-state index contributed by atoms with van der Waals surface area (Å²) < 4.78 is 38.0. The van der Waals surface area contributed by atoms with Gasteiger partial charge in [0.15, 0.2) is 0 Å². The van der Waals surface area contributed by atoms with Crippen LogP contribution in [0.25, 0.3) is 0 Å². The van der Waals surface area contributed by atoms with Crippen molar-refractivity contribution >= 4 is 23.4 Å². The van der Waals surface area contributed by atoms with Gasteiger partial charge >= 0.3 is 6.18 Å². The highest BCUT2D eigenvalue weighted by Gasteiger charge is 2.33. The minimum absolute atomic E-state index is 0.0289. The number of pyridine rings is 1. The maximum absolute atomic E-state index is 12.7. The molecule has 122 valence electrons. The second-order valence-electron chi connectivity index (χ2n) is 5.15. The van der Waals surface area contributed by atoms with Crippen LogP contribution in [-0.2, 0) is 6.18 Å². The molecular weight excluding hydrogens is 331 g/mol. The Bertz CT molecular complexity index is 694. The third kappa shape index (κ3) is 3.64. The lowest BCUT2D eigenvalue weighted by molar-refractivity contribution is -0.141. The van der Waals surface area contributed by atoms with Crippen molar-refractivity contribution in [3.05, 3.63) is 41.3 Å². The molecule has 2 aromatic heterocycles. The van der Waals surface area contributed by atoms with Gasteiger partial charge in [-0.2, -0.15) is 13.2 Å². The van der Waals surface area contributed by atoms with Crippen LogP contribution >= 0.6 is 11.6 Å². The smallest absolute Gasteiger partial charge is 0.353 e. The summed E-state index contributed by atoms with van der Waals surface area (Å²) in [4.78, 5) is 13.6. The normalized spacial score (nSPS) is 18.3. The summed E-state index contributed by atoms with van der Waals surface area (Å²) in [7, 11) is 0. The average Bonchev–Trinajstić information content (AvgIpc) is 2.95. The van der Waals surface area contributed by atoms with Crippen molar-refractivity contribution in [1.82, 2.24) is 15.0 Å². The van der Waals surface area contributed by atoms with Crippen molar-refractivity contribution in [2.45, 2.75) is 18.6 Å². The molecule has 9 heteroatoms. The predicted molar refractivity (Wildman–Crippen MR) is 80.5 cm³/mol. The number of nitrogens with zero attached hydrogens (tertiary/aromatic N) is 4. The van der Waals surface area contributed by atoms with E-state index in [0.717, 1.165) is 18.7 Å². The second kappa shape index (κ2) is 6.19. The standard InChI is InChI=1S/C14H13ClF3N5/c15-10-2-1-5-19-12(10)23-7-4-9(8-23)21-13-20-6-3-11(22-13)14(16,17)18/h1-3,5-6,9H,4,7-8H2,(H,20,21,22). The van der Waals surface area contributed by atoms with Crippen LogP contribution in [0.3, 0.4) is 0 Å². The topological polar surface area (TPSA) is 53.9 Å². The van der Waals surface area contributed by atoms with Gasteiger partial charge in [-0.3, -0.25) is 0 Å². The van der Waals surface area contributed by atoms with Gasteiger partial charge in [-0.15, -0.1) is 0 Å². The Balaban J connectivity index is 1.68. The number of anilines is 2. The molecule has 1 aliphatic heterocycles. The first-order valence-electron chi connectivity index (χ1n) is 6.96. The van der Waals surface area contributed by atoms with Crippen molar-refractivity contribution in [2.24, 2.45) is 0 Å². The highest BCUT2D eigenvalue weighted by Crippen LogP contribution is 2.29. The number of halogens is 4. The molecule has 1 fully saturated rings. The van der Waals surface area contributed by atoms with E-state index >= 15 is 0 Å². The molecule has 1 saturated heterocycles. The summed E-state index contributed by atoms with van der Waals surface area (Å²) in [6, 6.07) is 4.27. The third-order valence-electron chi connectivity index (χ3n) is 3.51. The quantitative estimate of drug-likeness (QED) is 0.927. The van der Waals surface area contributed by atoms with Gasteiger partial charge in [0.05, 0.1) is 5.02 Å². The third-order valence-corrected chi connectivity index (χ3v) is 3.80. The van der Waals surface area contributed by atoms with Gasteiger partial charge in [-0.1, -0.05) is 11.6 Å². The van der Waals surface area contributed by atoms with Gasteiger partial charge < -0.3 is 10.2 Å². The Morgan fingerprint density at radius 1 is 1.22 bits per heavy atom. The minimum Gasteiger partial charge on any atom is -0.353 e. The van der Waals surface area contributed by atoms with E-state index in [0.29, 0.717) is 23.9 Å². The zero-order valence-corrected chi connectivity index (χ0v) is 12.6. The van der Waals surface area contributed by atoms with Crippen LogP contribution in [0, 0.1) is 0 Å². The molecule has 23 heavy (non-hydrogen) atoms. The van der Waals surface area contributed by atoms with Crippen molar-refractivity contribution in [3.8, 4) is 0 Å². The minimum atomic E-state index is -4.48. The van der Waals surface area contributed by atoms with E-state index in [1.54, 1.807) is 18.3 Å². The molecule has 0 spiro atoms. The Hall–Kier alpha value is -2.09. The molecule has 0 aromatic carbocycles. The lowest BCUT2D eigenvalue weighted by Crippen LogP contribution is -2.27. The highest BCUT2D eigenvalue weighted by molar-refractivity contribution is 6.32. The van der Waals surface area contributed by atoms with Crippen LogP contribution in [0.4, 0.5) is 24.9 Å². The summed E-state index contributed by atoms with van der Waals surface area (Å²) in [6.45, 7) is 1.27. The molecule has 1 aliphatic rings. The summed E-state index contributed by atoms with van der Waals surface area (Å²) >= 11 is 6.11. The Kier molecular flexibility index (Phi) is 4.25. The number of nitrogens with one attached hydrogen (secondary N) is 1. The zero-order valence-electron chi connectivity index (χ0n) is 11.9. The van der Waals surface area contributed by atoms with E-state index in [2.05, 4.69) is 20.3 Å². The maximum atomic E-state index is 12.7. The van der Waals surface area contributed by atoms with Crippen LogP contribution in [0.15, 0.2) is 30.6 Å². The van der Waals surface area contributed by atoms with Crippen LogP contribution < -0.4 is 10.2 Å². The fraction of sp³-hybridized carbons (Fsp3) is 0.357. The van der Waals surface area contributed by atoms with E-state index in [1.165, 1.54) is 0 Å². The lowest BCUT2D eigenvalue weighted by Gasteiger charge is -2.19. The molecule has 3 rings (SSSR count). The number of rotatable bonds is 3. The number of alkyl halides is 3. The van der Waals surface area contributed by atoms with Crippen LogP contribution in [0.5, 0.6) is 0 Å². The first-order chi connectivity index (χ1) is 10.9. The fourth-order valence-corrected chi connectivity index (χ4v) is 2.69. The average molecular weight is 344 g/mol. The maximum Gasteiger partial charge on any atom is 0.433 e. The van der Waals surface area contributed by atoms with Gasteiger partial charge in [0.2, 0.25) is 5.95 Å². The van der Waals surface area contributed by atoms with E-state index in [9.17, 15) is 13.2 Å². The second-order valence-corrected chi connectivity index (χ2v) is 5.56. The van der Waals surface area contributed by atoms with Crippen LogP contribution in [0.1, 0.15) is 12.1 Å². The molecule has 0 saturated carbocycles. The largest absolute Gasteiger partial charge is 0.433 e. The molecule has 1 atom stereocenters. The number of aromatic nitrogens is 3. The fourth-order valence-electron chi connectivity index (χ4n) is 2.45. The summed E-state index contributed by atoms with van der Waals surface area (Å²) in [6.07, 6.45) is -1.01. The molecule has 0 amide bonds. The van der Waals surface area contributed by atoms with Crippen LogP contribution in [0.2, 0.25) is 5.02 Å². The Morgan fingerprint density at radius 2 is 2.04 bits per heavy atom. The number of hydrogen-bond acceptors (Lipinski definition) is 5. The van der Waals surface area contributed by atoms with Crippen molar-refractivity contribution in [2.75, 3.05) is 23.3 Å². The lowest BCUT2D eigenvalue weighted by atomic mass is 10.3. The Morgan fingerprint density at radius 3 is 2.78 bits per heavy atom. The van der Waals surface area contributed by atoms with Gasteiger partial charge in [0, 0.05) is 31.5 Å². The molecule has 1 N–H and O–H groups in total. The van der Waals surface area contributed by atoms with Gasteiger partial charge in [0.1, 0.15) is 11.5 Å². The summed E-state index contributed by atoms with van der Waals surface area (Å²) in [5.74, 6) is 0.641. The predicted octanol–water partition coefficient (Wildman–Crippen LogP) is 3.23. The monoisotopic (exact) mass is 343 g/mol. The van der Waals surface area contributed by atoms with Crippen LogP contribution in [-0.4, -0.2) is 34.1 Å². The molecular formula is C14H13ClF3N5. The molecule has 3 heterocycles. The summed E-state index contributed by atoms with van der Waals surface area (Å²) in [5.41, 5.74) is -0.961. The SMILES string of the molecule is FC(F)(F)c1ccnc(NC2CCN(c3ncccc3Cl)C2)n1. The van der Waals surface area contributed by atoms with Gasteiger partial charge in [-0.05, 0) is 24.6 Å². The first kappa shape index (κ1) is 15.8. The van der Waals surface area contributed by atoms with E-state index < -0.39 is 11.9 Å². The molecule has 0 radical (unpaired) electrons.